The lowest BCUT2D eigenvalue weighted by Gasteiger charge is -2.23. The summed E-state index contributed by atoms with van der Waals surface area (Å²) in [7, 11) is 0. The Kier molecular flexibility index (Phi) is 5.66. The maximum Gasteiger partial charge on any atom is 0.277 e. The number of nitrogens with zero attached hydrogens (tertiary/aromatic N) is 1. The monoisotopic (exact) mass is 347 g/mol. The topological polar surface area (TPSA) is 49.8 Å². The number of hydrogen-bond acceptors (Lipinski definition) is 3. The summed E-state index contributed by atoms with van der Waals surface area (Å²) in [4.78, 5) is 12.3. The number of benzene rings is 3. The van der Waals surface area contributed by atoms with E-state index in [9.17, 15) is 10.0 Å². The van der Waals surface area contributed by atoms with Crippen LogP contribution in [0.2, 0.25) is 0 Å². The predicted octanol–water partition coefficient (Wildman–Crippen LogP) is 4.86. The lowest BCUT2D eigenvalue weighted by molar-refractivity contribution is -0.0854. The van der Waals surface area contributed by atoms with Crippen molar-refractivity contribution in [2.75, 3.05) is 0 Å². The molecule has 0 fully saturated rings. The van der Waals surface area contributed by atoms with E-state index in [0.717, 1.165) is 21.9 Å². The number of rotatable bonds is 6. The second kappa shape index (κ2) is 8.32. The highest BCUT2D eigenvalue weighted by molar-refractivity contribution is 5.93. The van der Waals surface area contributed by atoms with E-state index in [1.807, 2.05) is 60.7 Å². The summed E-state index contributed by atoms with van der Waals surface area (Å²) in [6, 6.07) is 25.6. The highest BCUT2D eigenvalue weighted by Gasteiger charge is 2.21. The normalized spacial score (nSPS) is 11.6. The Bertz CT molecular complexity index is 832. The molecule has 1 atom stereocenters. The van der Waals surface area contributed by atoms with Gasteiger partial charge in [-0.2, -0.15) is 0 Å². The first kappa shape index (κ1) is 17.7. The molecule has 0 aromatic heterocycles. The van der Waals surface area contributed by atoms with Gasteiger partial charge in [0.25, 0.3) is 5.91 Å². The van der Waals surface area contributed by atoms with Gasteiger partial charge in [0.15, 0.2) is 0 Å². The van der Waals surface area contributed by atoms with E-state index >= 15 is 0 Å². The van der Waals surface area contributed by atoms with Crippen molar-refractivity contribution >= 4 is 5.91 Å². The molecule has 3 aromatic rings. The molecule has 3 rings (SSSR count). The quantitative estimate of drug-likeness (QED) is 0.512. The Hall–Kier alpha value is -3.11. The average molecular weight is 347 g/mol. The molecule has 4 nitrogen and oxygen atoms in total. The molecule has 0 radical (unpaired) electrons. The second-order valence-electron chi connectivity index (χ2n) is 6.04. The maximum atomic E-state index is 12.3. The molecule has 0 spiro atoms. The highest BCUT2D eigenvalue weighted by Crippen LogP contribution is 2.23. The molecule has 0 saturated heterocycles. The molecule has 1 N–H and O–H groups in total. The van der Waals surface area contributed by atoms with Gasteiger partial charge in [-0.25, -0.2) is 5.06 Å². The predicted molar refractivity (Wildman–Crippen MR) is 100 cm³/mol. The summed E-state index contributed by atoms with van der Waals surface area (Å²) >= 11 is 0. The van der Waals surface area contributed by atoms with Crippen LogP contribution in [0.15, 0.2) is 84.9 Å². The lowest BCUT2D eigenvalue weighted by Crippen LogP contribution is -2.30. The summed E-state index contributed by atoms with van der Waals surface area (Å²) < 4.78 is 5.76. The number of ether oxygens (including phenoxy) is 1. The molecule has 0 aliphatic carbocycles. The van der Waals surface area contributed by atoms with E-state index < -0.39 is 11.9 Å². The molecule has 0 heterocycles. The third-order valence-corrected chi connectivity index (χ3v) is 4.21. The Morgan fingerprint density at radius 1 is 0.923 bits per heavy atom. The molecule has 4 heteroatoms. The van der Waals surface area contributed by atoms with E-state index in [0.29, 0.717) is 12.2 Å². The Balaban J connectivity index is 1.63. The third-order valence-electron chi connectivity index (χ3n) is 4.21. The molecule has 1 amide bonds. The zero-order valence-corrected chi connectivity index (χ0v) is 14.6. The Labute approximate surface area is 153 Å². The SMILES string of the molecule is CC(c1ccc(OCc2ccccc2)cc1)N(O)C(=O)c1ccccc1. The van der Waals surface area contributed by atoms with Crippen LogP contribution < -0.4 is 4.74 Å². The first-order chi connectivity index (χ1) is 12.6. The highest BCUT2D eigenvalue weighted by atomic mass is 16.5. The van der Waals surface area contributed by atoms with E-state index in [2.05, 4.69) is 0 Å². The van der Waals surface area contributed by atoms with Gasteiger partial charge in [-0.3, -0.25) is 10.0 Å². The first-order valence-corrected chi connectivity index (χ1v) is 8.49. The molecule has 0 aliphatic rings. The van der Waals surface area contributed by atoms with E-state index in [-0.39, 0.29) is 0 Å². The number of carbonyl (C=O) groups is 1. The minimum absolute atomic E-state index is 0.428. The molecule has 132 valence electrons. The van der Waals surface area contributed by atoms with Crippen LogP contribution in [0.1, 0.15) is 34.5 Å². The van der Waals surface area contributed by atoms with E-state index in [1.165, 1.54) is 0 Å². The van der Waals surface area contributed by atoms with Gasteiger partial charge in [0.1, 0.15) is 12.4 Å². The van der Waals surface area contributed by atoms with Gasteiger partial charge in [-0.1, -0.05) is 60.7 Å². The summed E-state index contributed by atoms with van der Waals surface area (Å²) in [5, 5.41) is 11.0. The second-order valence-corrected chi connectivity index (χ2v) is 6.04. The van der Waals surface area contributed by atoms with Crippen molar-refractivity contribution < 1.29 is 14.7 Å². The zero-order valence-electron chi connectivity index (χ0n) is 14.6. The lowest BCUT2D eigenvalue weighted by atomic mass is 10.1. The summed E-state index contributed by atoms with van der Waals surface area (Å²) in [5.74, 6) is 0.311. The Morgan fingerprint density at radius 2 is 1.50 bits per heavy atom. The standard InChI is InChI=1S/C22H21NO3/c1-17(23(25)22(24)20-10-6-3-7-11-20)19-12-14-21(15-13-19)26-16-18-8-4-2-5-9-18/h2-15,17,25H,16H2,1H3. The van der Waals surface area contributed by atoms with Crippen LogP contribution >= 0.6 is 0 Å². The summed E-state index contributed by atoms with van der Waals surface area (Å²) in [5.41, 5.74) is 2.37. The molecule has 0 aliphatic heterocycles. The van der Waals surface area contributed by atoms with Gasteiger partial charge in [0, 0.05) is 5.56 Å². The molecular weight excluding hydrogens is 326 g/mol. The maximum absolute atomic E-state index is 12.3. The number of carbonyl (C=O) groups excluding carboxylic acids is 1. The summed E-state index contributed by atoms with van der Waals surface area (Å²) in [6.07, 6.45) is 0. The van der Waals surface area contributed by atoms with Crippen LogP contribution in [-0.2, 0) is 6.61 Å². The first-order valence-electron chi connectivity index (χ1n) is 8.49. The smallest absolute Gasteiger partial charge is 0.277 e. The van der Waals surface area contributed by atoms with Gasteiger partial charge in [0.2, 0.25) is 0 Å². The van der Waals surface area contributed by atoms with Crippen molar-refractivity contribution in [3.05, 3.63) is 102 Å². The molecule has 1 unspecified atom stereocenters. The minimum atomic E-state index is -0.467. The number of hydrogen-bond donors (Lipinski definition) is 1. The van der Waals surface area contributed by atoms with Crippen LogP contribution in [0.4, 0.5) is 0 Å². The van der Waals surface area contributed by atoms with Crippen molar-refractivity contribution in [1.82, 2.24) is 5.06 Å². The van der Waals surface area contributed by atoms with Crippen molar-refractivity contribution in [3.63, 3.8) is 0 Å². The third kappa shape index (κ3) is 4.29. The zero-order chi connectivity index (χ0) is 18.4. The molecule has 0 saturated carbocycles. The van der Waals surface area contributed by atoms with Gasteiger partial charge < -0.3 is 4.74 Å². The van der Waals surface area contributed by atoms with Gasteiger partial charge in [-0.15, -0.1) is 0 Å². The summed E-state index contributed by atoms with van der Waals surface area (Å²) in [6.45, 7) is 2.27. The van der Waals surface area contributed by atoms with E-state index in [4.69, 9.17) is 4.74 Å². The van der Waals surface area contributed by atoms with Crippen molar-refractivity contribution in [1.29, 1.82) is 0 Å². The van der Waals surface area contributed by atoms with Crippen molar-refractivity contribution in [2.45, 2.75) is 19.6 Å². The van der Waals surface area contributed by atoms with Gasteiger partial charge in [-0.05, 0) is 42.3 Å². The van der Waals surface area contributed by atoms with Crippen molar-refractivity contribution in [3.8, 4) is 5.75 Å². The largest absolute Gasteiger partial charge is 0.489 e. The minimum Gasteiger partial charge on any atom is -0.489 e. The number of hydroxylamine groups is 2. The molecule has 26 heavy (non-hydrogen) atoms. The Morgan fingerprint density at radius 3 is 2.12 bits per heavy atom. The fraction of sp³-hybridized carbons (Fsp3) is 0.136. The van der Waals surface area contributed by atoms with Crippen LogP contribution in [0, 0.1) is 0 Å². The fourth-order valence-electron chi connectivity index (χ4n) is 2.61. The number of amides is 1. The molecular formula is C22H21NO3. The van der Waals surface area contributed by atoms with Crippen LogP contribution in [-0.4, -0.2) is 16.2 Å². The fourth-order valence-corrected chi connectivity index (χ4v) is 2.61. The van der Waals surface area contributed by atoms with Crippen LogP contribution in [0.25, 0.3) is 0 Å². The van der Waals surface area contributed by atoms with Gasteiger partial charge >= 0.3 is 0 Å². The van der Waals surface area contributed by atoms with Gasteiger partial charge in [0.05, 0.1) is 6.04 Å². The van der Waals surface area contributed by atoms with Crippen LogP contribution in [0.3, 0.4) is 0 Å². The van der Waals surface area contributed by atoms with Crippen LogP contribution in [0.5, 0.6) is 5.75 Å². The van der Waals surface area contributed by atoms with E-state index in [1.54, 1.807) is 31.2 Å². The average Bonchev–Trinajstić information content (AvgIpc) is 2.72. The van der Waals surface area contributed by atoms with Crippen molar-refractivity contribution in [2.24, 2.45) is 0 Å². The molecule has 0 bridgehead atoms. The molecule has 3 aromatic carbocycles.